The molecule has 2 rings (SSSR count). The van der Waals surface area contributed by atoms with Gasteiger partial charge in [-0.1, -0.05) is 6.42 Å². The highest BCUT2D eigenvalue weighted by molar-refractivity contribution is 5.34. The van der Waals surface area contributed by atoms with Gasteiger partial charge in [0.1, 0.15) is 12.1 Å². The molecule has 2 N–H and O–H groups in total. The second kappa shape index (κ2) is 4.78. The second-order valence-electron chi connectivity index (χ2n) is 4.73. The van der Waals surface area contributed by atoms with E-state index in [-0.39, 0.29) is 6.61 Å². The van der Waals surface area contributed by atoms with E-state index in [9.17, 15) is 0 Å². The van der Waals surface area contributed by atoms with Crippen LogP contribution in [0.2, 0.25) is 0 Å². The zero-order valence-corrected chi connectivity index (χ0v) is 9.74. The van der Waals surface area contributed by atoms with Gasteiger partial charge in [-0.3, -0.25) is 0 Å². The van der Waals surface area contributed by atoms with E-state index in [4.69, 9.17) is 5.11 Å². The number of aliphatic hydroxyl groups excluding tert-OH is 1. The van der Waals surface area contributed by atoms with Crippen molar-refractivity contribution in [3.63, 3.8) is 0 Å². The first-order valence-corrected chi connectivity index (χ1v) is 5.87. The number of aryl methyl sites for hydroxylation is 1. The molecule has 0 radical (unpaired) electrons. The number of aromatic nitrogens is 2. The molecule has 1 fully saturated rings. The van der Waals surface area contributed by atoms with Gasteiger partial charge in [-0.05, 0) is 31.6 Å². The molecule has 0 saturated heterocycles. The van der Waals surface area contributed by atoms with Crippen LogP contribution in [-0.4, -0.2) is 28.2 Å². The van der Waals surface area contributed by atoms with Crippen molar-refractivity contribution in [1.29, 1.82) is 0 Å². The molecule has 4 heteroatoms. The van der Waals surface area contributed by atoms with E-state index in [1.54, 1.807) is 6.33 Å². The molecule has 1 aromatic rings. The summed E-state index contributed by atoms with van der Waals surface area (Å²) in [5, 5.41) is 12.4. The third-order valence-electron chi connectivity index (χ3n) is 3.50. The molecule has 1 aliphatic carbocycles. The zero-order valence-electron chi connectivity index (χ0n) is 9.74. The largest absolute Gasteiger partial charge is 0.396 e. The first-order chi connectivity index (χ1) is 7.74. The van der Waals surface area contributed by atoms with E-state index in [0.717, 1.165) is 24.5 Å². The van der Waals surface area contributed by atoms with E-state index in [1.165, 1.54) is 19.3 Å². The minimum atomic E-state index is 0.282. The molecular weight excluding hydrogens is 202 g/mol. The minimum absolute atomic E-state index is 0.282. The molecule has 0 bridgehead atoms. The Morgan fingerprint density at radius 1 is 1.44 bits per heavy atom. The fraction of sp³-hybridized carbons (Fsp3) is 0.667. The van der Waals surface area contributed by atoms with Crippen molar-refractivity contribution < 1.29 is 5.11 Å². The van der Waals surface area contributed by atoms with Gasteiger partial charge in [-0.15, -0.1) is 0 Å². The Bertz CT molecular complexity index is 350. The first kappa shape index (κ1) is 11.3. The van der Waals surface area contributed by atoms with Crippen molar-refractivity contribution in [3.05, 3.63) is 18.1 Å². The molecule has 0 aliphatic heterocycles. The molecule has 0 atom stereocenters. The van der Waals surface area contributed by atoms with Crippen LogP contribution in [0.4, 0.5) is 5.82 Å². The highest BCUT2D eigenvalue weighted by Crippen LogP contribution is 2.43. The molecule has 88 valence electrons. The molecule has 1 aromatic heterocycles. The summed E-state index contributed by atoms with van der Waals surface area (Å²) < 4.78 is 0. The van der Waals surface area contributed by atoms with Crippen LogP contribution in [0.5, 0.6) is 0 Å². The minimum Gasteiger partial charge on any atom is -0.396 e. The van der Waals surface area contributed by atoms with Crippen molar-refractivity contribution >= 4 is 5.82 Å². The van der Waals surface area contributed by atoms with Crippen LogP contribution >= 0.6 is 0 Å². The number of nitrogens with one attached hydrogen (secondary N) is 1. The average molecular weight is 221 g/mol. The summed E-state index contributed by atoms with van der Waals surface area (Å²) in [5.74, 6) is 0.886. The lowest BCUT2D eigenvalue weighted by Crippen LogP contribution is -2.37. The first-order valence-electron chi connectivity index (χ1n) is 5.87. The van der Waals surface area contributed by atoms with Gasteiger partial charge in [0, 0.05) is 24.9 Å². The van der Waals surface area contributed by atoms with Gasteiger partial charge in [-0.2, -0.15) is 0 Å². The molecule has 1 saturated carbocycles. The van der Waals surface area contributed by atoms with Crippen LogP contribution in [-0.2, 0) is 0 Å². The van der Waals surface area contributed by atoms with Crippen LogP contribution in [0.15, 0.2) is 12.4 Å². The summed E-state index contributed by atoms with van der Waals surface area (Å²) in [6.45, 7) is 3.15. The predicted molar refractivity (Wildman–Crippen MR) is 63.2 cm³/mol. The molecule has 1 aliphatic rings. The third kappa shape index (κ3) is 2.50. The molecular formula is C12H19N3O. The van der Waals surface area contributed by atoms with Gasteiger partial charge in [0.25, 0.3) is 0 Å². The van der Waals surface area contributed by atoms with Crippen LogP contribution in [0.25, 0.3) is 0 Å². The van der Waals surface area contributed by atoms with E-state index < -0.39 is 0 Å². The van der Waals surface area contributed by atoms with E-state index >= 15 is 0 Å². The molecule has 0 spiro atoms. The fourth-order valence-corrected chi connectivity index (χ4v) is 2.26. The molecule has 0 unspecified atom stereocenters. The van der Waals surface area contributed by atoms with Crippen molar-refractivity contribution in [2.24, 2.45) is 5.41 Å². The quantitative estimate of drug-likeness (QED) is 0.795. The van der Waals surface area contributed by atoms with Gasteiger partial charge >= 0.3 is 0 Å². The molecule has 1 heterocycles. The van der Waals surface area contributed by atoms with Gasteiger partial charge in [0.2, 0.25) is 0 Å². The maximum Gasteiger partial charge on any atom is 0.129 e. The maximum atomic E-state index is 9.05. The van der Waals surface area contributed by atoms with Crippen molar-refractivity contribution in [2.45, 2.75) is 32.6 Å². The van der Waals surface area contributed by atoms with Gasteiger partial charge in [-0.25, -0.2) is 9.97 Å². The Balaban J connectivity index is 1.91. The number of hydrogen-bond donors (Lipinski definition) is 2. The highest BCUT2D eigenvalue weighted by atomic mass is 16.3. The number of rotatable bonds is 5. The van der Waals surface area contributed by atoms with Crippen molar-refractivity contribution in [1.82, 2.24) is 9.97 Å². The smallest absolute Gasteiger partial charge is 0.129 e. The van der Waals surface area contributed by atoms with E-state index in [0.29, 0.717) is 5.41 Å². The molecule has 4 nitrogen and oxygen atoms in total. The van der Waals surface area contributed by atoms with E-state index in [2.05, 4.69) is 15.3 Å². The topological polar surface area (TPSA) is 58.0 Å². The summed E-state index contributed by atoms with van der Waals surface area (Å²) >= 11 is 0. The number of anilines is 1. The molecule has 16 heavy (non-hydrogen) atoms. The maximum absolute atomic E-state index is 9.05. The summed E-state index contributed by atoms with van der Waals surface area (Å²) in [4.78, 5) is 8.24. The van der Waals surface area contributed by atoms with Crippen LogP contribution in [0.3, 0.4) is 0 Å². The Kier molecular flexibility index (Phi) is 3.39. The Hall–Kier alpha value is -1.16. The van der Waals surface area contributed by atoms with Crippen LogP contribution < -0.4 is 5.32 Å². The lowest BCUT2D eigenvalue weighted by Gasteiger charge is -2.41. The molecule has 0 amide bonds. The normalized spacial score (nSPS) is 17.9. The average Bonchev–Trinajstić information content (AvgIpc) is 2.22. The van der Waals surface area contributed by atoms with Crippen LogP contribution in [0, 0.1) is 12.3 Å². The standard InChI is InChI=1S/C12H19N3O/c1-10-7-11(15-9-14-10)13-8-12(5-6-16)3-2-4-12/h7,9,16H,2-6,8H2,1H3,(H,13,14,15). The van der Waals surface area contributed by atoms with E-state index in [1.807, 2.05) is 13.0 Å². The fourth-order valence-electron chi connectivity index (χ4n) is 2.26. The van der Waals surface area contributed by atoms with Gasteiger partial charge in [0.05, 0.1) is 0 Å². The Labute approximate surface area is 96.1 Å². The van der Waals surface area contributed by atoms with Gasteiger partial charge in [0.15, 0.2) is 0 Å². The Morgan fingerprint density at radius 2 is 2.25 bits per heavy atom. The predicted octanol–water partition coefficient (Wildman–Crippen LogP) is 1.75. The summed E-state index contributed by atoms with van der Waals surface area (Å²) in [6.07, 6.45) is 6.18. The van der Waals surface area contributed by atoms with Gasteiger partial charge < -0.3 is 10.4 Å². The highest BCUT2D eigenvalue weighted by Gasteiger charge is 2.35. The molecule has 0 aromatic carbocycles. The number of hydrogen-bond acceptors (Lipinski definition) is 4. The summed E-state index contributed by atoms with van der Waals surface area (Å²) in [5.41, 5.74) is 1.27. The Morgan fingerprint density at radius 3 is 2.81 bits per heavy atom. The monoisotopic (exact) mass is 221 g/mol. The second-order valence-corrected chi connectivity index (χ2v) is 4.73. The number of aliphatic hydroxyl groups is 1. The SMILES string of the molecule is Cc1cc(NCC2(CCO)CCC2)ncn1. The van der Waals surface area contributed by atoms with Crippen molar-refractivity contribution in [2.75, 3.05) is 18.5 Å². The lowest BCUT2D eigenvalue weighted by atomic mass is 9.67. The number of nitrogens with zero attached hydrogens (tertiary/aromatic N) is 2. The zero-order chi connectivity index (χ0) is 11.4. The van der Waals surface area contributed by atoms with Crippen LogP contribution in [0.1, 0.15) is 31.4 Å². The summed E-state index contributed by atoms with van der Waals surface area (Å²) in [7, 11) is 0. The van der Waals surface area contributed by atoms with Crippen molar-refractivity contribution in [3.8, 4) is 0 Å². The lowest BCUT2D eigenvalue weighted by molar-refractivity contribution is 0.102. The third-order valence-corrected chi connectivity index (χ3v) is 3.50. The summed E-state index contributed by atoms with van der Waals surface area (Å²) in [6, 6.07) is 1.95.